The number of carbonyl (C=O) groups excluding carboxylic acids is 1. The van der Waals surface area contributed by atoms with Gasteiger partial charge in [-0.15, -0.1) is 0 Å². The summed E-state index contributed by atoms with van der Waals surface area (Å²) in [4.78, 5) is 12.3. The van der Waals surface area contributed by atoms with Gasteiger partial charge in [0.1, 0.15) is 5.75 Å². The Hall–Kier alpha value is -1.86. The van der Waals surface area contributed by atoms with Crippen molar-refractivity contribution in [3.05, 3.63) is 58.1 Å². The first-order valence-corrected chi connectivity index (χ1v) is 10.0. The Morgan fingerprint density at radius 1 is 1.25 bits per heavy atom. The highest BCUT2D eigenvalue weighted by atomic mass is 79.9. The second-order valence-corrected chi connectivity index (χ2v) is 8.33. The van der Waals surface area contributed by atoms with E-state index < -0.39 is 10.0 Å². The molecule has 1 heterocycles. The van der Waals surface area contributed by atoms with E-state index >= 15 is 0 Å². The van der Waals surface area contributed by atoms with Crippen molar-refractivity contribution in [2.45, 2.75) is 6.42 Å². The maximum absolute atomic E-state index is 12.3. The summed E-state index contributed by atoms with van der Waals surface area (Å²) in [5, 5.41) is 0. The molecule has 2 aromatic rings. The minimum atomic E-state index is -3.28. The molecule has 0 amide bonds. The summed E-state index contributed by atoms with van der Waals surface area (Å²) in [5.74, 6) is 0.460. The highest BCUT2D eigenvalue weighted by Gasteiger charge is 2.26. The normalized spacial score (nSPS) is 13.7. The number of nitrogens with zero attached hydrogens (tertiary/aromatic N) is 1. The topological polar surface area (TPSA) is 63.7 Å². The van der Waals surface area contributed by atoms with Crippen molar-refractivity contribution in [2.75, 3.05) is 23.7 Å². The van der Waals surface area contributed by atoms with E-state index in [4.69, 9.17) is 4.74 Å². The third-order valence-corrected chi connectivity index (χ3v) is 5.69. The SMILES string of the molecule is CS(=O)(=O)N1CCc2cc(C(=O)COc3ccccc3Br)ccc21. The van der Waals surface area contributed by atoms with Crippen LogP contribution in [0.25, 0.3) is 0 Å². The lowest BCUT2D eigenvalue weighted by Gasteiger charge is -2.16. The average molecular weight is 410 g/mol. The van der Waals surface area contributed by atoms with E-state index in [0.717, 1.165) is 10.0 Å². The Morgan fingerprint density at radius 2 is 2.00 bits per heavy atom. The van der Waals surface area contributed by atoms with Crippen LogP contribution >= 0.6 is 15.9 Å². The smallest absolute Gasteiger partial charge is 0.232 e. The second-order valence-electron chi connectivity index (χ2n) is 5.57. The van der Waals surface area contributed by atoms with Gasteiger partial charge in [0.25, 0.3) is 0 Å². The number of Topliss-reactive ketones (excluding diaryl/α,β-unsaturated/α-hetero) is 1. The van der Waals surface area contributed by atoms with Gasteiger partial charge in [-0.3, -0.25) is 9.10 Å². The van der Waals surface area contributed by atoms with Crippen molar-refractivity contribution in [1.82, 2.24) is 0 Å². The number of sulfonamides is 1. The largest absolute Gasteiger partial charge is 0.484 e. The van der Waals surface area contributed by atoms with Gasteiger partial charge in [0.2, 0.25) is 10.0 Å². The van der Waals surface area contributed by atoms with Crippen LogP contribution in [-0.4, -0.2) is 33.6 Å². The number of ketones is 1. The van der Waals surface area contributed by atoms with E-state index in [0.29, 0.717) is 30.0 Å². The minimum absolute atomic E-state index is 0.0722. The van der Waals surface area contributed by atoms with Crippen molar-refractivity contribution >= 4 is 37.4 Å². The summed E-state index contributed by atoms with van der Waals surface area (Å²) < 4.78 is 31.2. The Morgan fingerprint density at radius 3 is 2.71 bits per heavy atom. The first-order valence-electron chi connectivity index (χ1n) is 7.37. The molecule has 0 radical (unpaired) electrons. The van der Waals surface area contributed by atoms with E-state index in [1.54, 1.807) is 24.3 Å². The lowest BCUT2D eigenvalue weighted by atomic mass is 10.1. The summed E-state index contributed by atoms with van der Waals surface area (Å²) >= 11 is 3.37. The molecule has 5 nitrogen and oxygen atoms in total. The summed E-state index contributed by atoms with van der Waals surface area (Å²) in [5.41, 5.74) is 2.05. The standard InChI is InChI=1S/C17H16BrNO4S/c1-24(21,22)19-9-8-12-10-13(6-7-15(12)19)16(20)11-23-17-5-3-2-4-14(17)18/h2-7,10H,8-9,11H2,1H3. The molecule has 0 bridgehead atoms. The van der Waals surface area contributed by atoms with Crippen LogP contribution in [0.4, 0.5) is 5.69 Å². The summed E-state index contributed by atoms with van der Waals surface area (Å²) in [6.07, 6.45) is 1.79. The van der Waals surface area contributed by atoms with E-state index in [1.165, 1.54) is 10.6 Å². The maximum atomic E-state index is 12.3. The highest BCUT2D eigenvalue weighted by Crippen LogP contribution is 2.31. The van der Waals surface area contributed by atoms with Crippen LogP contribution in [0.3, 0.4) is 0 Å². The lowest BCUT2D eigenvalue weighted by molar-refractivity contribution is 0.0921. The van der Waals surface area contributed by atoms with Crippen molar-refractivity contribution in [3.8, 4) is 5.75 Å². The minimum Gasteiger partial charge on any atom is -0.484 e. The number of ether oxygens (including phenoxy) is 1. The van der Waals surface area contributed by atoms with E-state index in [2.05, 4.69) is 15.9 Å². The zero-order chi connectivity index (χ0) is 17.3. The van der Waals surface area contributed by atoms with Crippen LogP contribution in [0.2, 0.25) is 0 Å². The second kappa shape index (κ2) is 6.57. The van der Waals surface area contributed by atoms with Gasteiger partial charge in [0.15, 0.2) is 12.4 Å². The molecule has 2 aromatic carbocycles. The third-order valence-electron chi connectivity index (χ3n) is 3.85. The van der Waals surface area contributed by atoms with Crippen LogP contribution in [0.5, 0.6) is 5.75 Å². The molecule has 0 unspecified atom stereocenters. The molecule has 0 saturated heterocycles. The van der Waals surface area contributed by atoms with Gasteiger partial charge in [0, 0.05) is 12.1 Å². The maximum Gasteiger partial charge on any atom is 0.232 e. The number of carbonyl (C=O) groups is 1. The third kappa shape index (κ3) is 3.47. The number of anilines is 1. The molecule has 7 heteroatoms. The lowest BCUT2D eigenvalue weighted by Crippen LogP contribution is -2.27. The first-order chi connectivity index (χ1) is 11.4. The molecule has 3 rings (SSSR count). The molecule has 24 heavy (non-hydrogen) atoms. The Balaban J connectivity index is 1.75. The van der Waals surface area contributed by atoms with Gasteiger partial charge in [-0.05, 0) is 58.2 Å². The quantitative estimate of drug-likeness (QED) is 0.711. The molecule has 0 aromatic heterocycles. The molecular formula is C17H16BrNO4S. The van der Waals surface area contributed by atoms with Gasteiger partial charge in [-0.2, -0.15) is 0 Å². The molecule has 0 spiro atoms. The molecule has 1 aliphatic rings. The molecule has 1 aliphatic heterocycles. The Kier molecular flexibility index (Phi) is 4.64. The number of hydrogen-bond donors (Lipinski definition) is 0. The summed E-state index contributed by atoms with van der Waals surface area (Å²) in [6, 6.07) is 12.4. The van der Waals surface area contributed by atoms with Crippen LogP contribution in [-0.2, 0) is 16.4 Å². The zero-order valence-corrected chi connectivity index (χ0v) is 15.4. The van der Waals surface area contributed by atoms with Crippen LogP contribution in [0.15, 0.2) is 46.9 Å². The van der Waals surface area contributed by atoms with Crippen molar-refractivity contribution in [2.24, 2.45) is 0 Å². The number of halogens is 1. The van der Waals surface area contributed by atoms with E-state index in [1.807, 2.05) is 18.2 Å². The number of fused-ring (bicyclic) bond motifs is 1. The van der Waals surface area contributed by atoms with E-state index in [-0.39, 0.29) is 12.4 Å². The predicted octanol–water partition coefficient (Wildman–Crippen LogP) is 3.03. The fourth-order valence-corrected chi connectivity index (χ4v) is 4.04. The Labute approximate surface area is 149 Å². The Bertz CT molecular complexity index is 895. The van der Waals surface area contributed by atoms with Crippen molar-refractivity contribution < 1.29 is 17.9 Å². The molecule has 0 aliphatic carbocycles. The van der Waals surface area contributed by atoms with Gasteiger partial charge in [0.05, 0.1) is 16.4 Å². The summed E-state index contributed by atoms with van der Waals surface area (Å²) in [6.45, 7) is 0.344. The van der Waals surface area contributed by atoms with Crippen molar-refractivity contribution in [1.29, 1.82) is 0 Å². The number of rotatable bonds is 5. The molecule has 0 saturated carbocycles. The highest BCUT2D eigenvalue weighted by molar-refractivity contribution is 9.10. The van der Waals surface area contributed by atoms with Crippen LogP contribution in [0.1, 0.15) is 15.9 Å². The van der Waals surface area contributed by atoms with Gasteiger partial charge in [-0.1, -0.05) is 12.1 Å². The molecule has 0 atom stereocenters. The molecule has 126 valence electrons. The predicted molar refractivity (Wildman–Crippen MR) is 96.3 cm³/mol. The summed E-state index contributed by atoms with van der Waals surface area (Å²) in [7, 11) is -3.28. The fraction of sp³-hybridized carbons (Fsp3) is 0.235. The van der Waals surface area contributed by atoms with Gasteiger partial charge >= 0.3 is 0 Å². The first kappa shape index (κ1) is 17.0. The van der Waals surface area contributed by atoms with Gasteiger partial charge < -0.3 is 4.74 Å². The molecular weight excluding hydrogens is 394 g/mol. The van der Waals surface area contributed by atoms with E-state index in [9.17, 15) is 13.2 Å². The van der Waals surface area contributed by atoms with Gasteiger partial charge in [-0.25, -0.2) is 8.42 Å². The molecule has 0 N–H and O–H groups in total. The average Bonchev–Trinajstić information content (AvgIpc) is 2.97. The number of benzene rings is 2. The number of hydrogen-bond acceptors (Lipinski definition) is 4. The zero-order valence-electron chi connectivity index (χ0n) is 13.0. The number of para-hydroxylation sites is 1. The monoisotopic (exact) mass is 409 g/mol. The van der Waals surface area contributed by atoms with Crippen molar-refractivity contribution in [3.63, 3.8) is 0 Å². The van der Waals surface area contributed by atoms with Crippen LogP contribution < -0.4 is 9.04 Å². The molecule has 0 fully saturated rings. The van der Waals surface area contributed by atoms with Crippen LogP contribution in [0, 0.1) is 0 Å². The fourth-order valence-electron chi connectivity index (χ4n) is 2.68.